The molecule has 1 unspecified atom stereocenters. The van der Waals surface area contributed by atoms with Gasteiger partial charge in [0.05, 0.1) is 0 Å². The minimum Gasteiger partial charge on any atom is -0.329 e. The standard InChI is InChI=1S/C15H32N2/c1-13(2)15(3,12-16)17-11-14-9-7-5-4-6-8-10-14/h13-14,17H,4-12,16H2,1-3H3. The van der Waals surface area contributed by atoms with Crippen LogP contribution in [0.25, 0.3) is 0 Å². The molecule has 0 radical (unpaired) electrons. The average Bonchev–Trinajstić information content (AvgIpc) is 2.27. The van der Waals surface area contributed by atoms with Crippen LogP contribution in [0.5, 0.6) is 0 Å². The average molecular weight is 240 g/mol. The van der Waals surface area contributed by atoms with Crippen LogP contribution in [-0.2, 0) is 0 Å². The summed E-state index contributed by atoms with van der Waals surface area (Å²) in [5, 5.41) is 3.74. The lowest BCUT2D eigenvalue weighted by atomic mass is 9.86. The third-order valence-corrected chi connectivity index (χ3v) is 4.72. The number of nitrogens with one attached hydrogen (secondary N) is 1. The van der Waals surface area contributed by atoms with Gasteiger partial charge in [0.25, 0.3) is 0 Å². The first kappa shape index (κ1) is 15.0. The lowest BCUT2D eigenvalue weighted by Gasteiger charge is -2.35. The van der Waals surface area contributed by atoms with Gasteiger partial charge in [0.1, 0.15) is 0 Å². The van der Waals surface area contributed by atoms with E-state index in [-0.39, 0.29) is 5.54 Å². The molecule has 0 saturated heterocycles. The molecule has 17 heavy (non-hydrogen) atoms. The highest BCUT2D eigenvalue weighted by atomic mass is 15.0. The molecular formula is C15H32N2. The molecule has 1 aliphatic rings. The van der Waals surface area contributed by atoms with Gasteiger partial charge in [0.2, 0.25) is 0 Å². The first-order valence-corrected chi connectivity index (χ1v) is 7.53. The van der Waals surface area contributed by atoms with Crippen molar-refractivity contribution in [3.8, 4) is 0 Å². The zero-order valence-electron chi connectivity index (χ0n) is 12.1. The second kappa shape index (κ2) is 7.38. The topological polar surface area (TPSA) is 38.0 Å². The largest absolute Gasteiger partial charge is 0.329 e. The van der Waals surface area contributed by atoms with Gasteiger partial charge in [-0.05, 0) is 38.1 Å². The van der Waals surface area contributed by atoms with E-state index in [1.54, 1.807) is 0 Å². The molecule has 0 spiro atoms. The first-order valence-electron chi connectivity index (χ1n) is 7.53. The molecule has 0 aromatic rings. The van der Waals surface area contributed by atoms with Gasteiger partial charge in [-0.2, -0.15) is 0 Å². The van der Waals surface area contributed by atoms with E-state index in [0.717, 1.165) is 19.0 Å². The Morgan fingerprint density at radius 2 is 1.65 bits per heavy atom. The van der Waals surface area contributed by atoms with Crippen LogP contribution in [0.1, 0.15) is 65.7 Å². The Hall–Kier alpha value is -0.0800. The Kier molecular flexibility index (Phi) is 6.50. The van der Waals surface area contributed by atoms with Gasteiger partial charge in [0.15, 0.2) is 0 Å². The molecule has 1 aliphatic carbocycles. The SMILES string of the molecule is CC(C)C(C)(CN)NCC1CCCCCCC1. The van der Waals surface area contributed by atoms with E-state index in [1.807, 2.05) is 0 Å². The molecule has 3 N–H and O–H groups in total. The number of hydrogen-bond donors (Lipinski definition) is 2. The van der Waals surface area contributed by atoms with Crippen molar-refractivity contribution in [3.05, 3.63) is 0 Å². The van der Waals surface area contributed by atoms with E-state index in [2.05, 4.69) is 26.1 Å². The number of nitrogens with two attached hydrogens (primary N) is 1. The van der Waals surface area contributed by atoms with Crippen LogP contribution in [0.15, 0.2) is 0 Å². The van der Waals surface area contributed by atoms with Gasteiger partial charge in [-0.3, -0.25) is 0 Å². The fourth-order valence-corrected chi connectivity index (χ4v) is 2.63. The maximum Gasteiger partial charge on any atom is 0.0298 e. The molecule has 1 rings (SSSR count). The molecule has 0 amide bonds. The quantitative estimate of drug-likeness (QED) is 0.774. The summed E-state index contributed by atoms with van der Waals surface area (Å²) in [7, 11) is 0. The Morgan fingerprint density at radius 3 is 2.12 bits per heavy atom. The second-order valence-corrected chi connectivity index (χ2v) is 6.37. The zero-order valence-corrected chi connectivity index (χ0v) is 12.1. The summed E-state index contributed by atoms with van der Waals surface area (Å²) in [6.45, 7) is 8.68. The maximum atomic E-state index is 5.92. The van der Waals surface area contributed by atoms with Gasteiger partial charge in [0, 0.05) is 12.1 Å². The van der Waals surface area contributed by atoms with Gasteiger partial charge in [-0.25, -0.2) is 0 Å². The summed E-state index contributed by atoms with van der Waals surface area (Å²) in [6.07, 6.45) is 9.99. The van der Waals surface area contributed by atoms with E-state index in [1.165, 1.54) is 44.9 Å². The summed E-state index contributed by atoms with van der Waals surface area (Å²) < 4.78 is 0. The highest BCUT2D eigenvalue weighted by Crippen LogP contribution is 2.23. The maximum absolute atomic E-state index is 5.92. The smallest absolute Gasteiger partial charge is 0.0298 e. The van der Waals surface area contributed by atoms with Crippen molar-refractivity contribution in [3.63, 3.8) is 0 Å². The normalized spacial score (nSPS) is 23.1. The summed E-state index contributed by atoms with van der Waals surface area (Å²) in [5.41, 5.74) is 6.03. The summed E-state index contributed by atoms with van der Waals surface area (Å²) >= 11 is 0. The molecule has 0 aliphatic heterocycles. The predicted molar refractivity (Wildman–Crippen MR) is 76.1 cm³/mol. The summed E-state index contributed by atoms with van der Waals surface area (Å²) in [5.74, 6) is 1.47. The van der Waals surface area contributed by atoms with Gasteiger partial charge in [-0.15, -0.1) is 0 Å². The second-order valence-electron chi connectivity index (χ2n) is 6.37. The fraction of sp³-hybridized carbons (Fsp3) is 1.00. The molecule has 0 bridgehead atoms. The summed E-state index contributed by atoms with van der Waals surface area (Å²) in [6, 6.07) is 0. The number of hydrogen-bond acceptors (Lipinski definition) is 2. The Labute approximate surface area is 108 Å². The van der Waals surface area contributed by atoms with Crippen LogP contribution in [0, 0.1) is 11.8 Å². The van der Waals surface area contributed by atoms with Crippen molar-refractivity contribution in [1.82, 2.24) is 5.32 Å². The van der Waals surface area contributed by atoms with Crippen LogP contribution >= 0.6 is 0 Å². The molecule has 0 aromatic carbocycles. The molecule has 0 aromatic heterocycles. The van der Waals surface area contributed by atoms with Crippen LogP contribution < -0.4 is 11.1 Å². The van der Waals surface area contributed by atoms with Crippen LogP contribution in [0.3, 0.4) is 0 Å². The van der Waals surface area contributed by atoms with Crippen LogP contribution in [0.2, 0.25) is 0 Å². The summed E-state index contributed by atoms with van der Waals surface area (Å²) in [4.78, 5) is 0. The van der Waals surface area contributed by atoms with E-state index in [9.17, 15) is 0 Å². The van der Waals surface area contributed by atoms with Crippen molar-refractivity contribution in [2.45, 2.75) is 71.3 Å². The van der Waals surface area contributed by atoms with Crippen molar-refractivity contribution >= 4 is 0 Å². The Bertz CT molecular complexity index is 195. The predicted octanol–water partition coefficient (Wildman–Crippen LogP) is 3.31. The van der Waals surface area contributed by atoms with Crippen molar-refractivity contribution in [1.29, 1.82) is 0 Å². The minimum atomic E-state index is 0.113. The lowest BCUT2D eigenvalue weighted by Crippen LogP contribution is -2.54. The van der Waals surface area contributed by atoms with E-state index in [4.69, 9.17) is 5.73 Å². The Balaban J connectivity index is 2.36. The first-order chi connectivity index (χ1) is 8.08. The van der Waals surface area contributed by atoms with E-state index >= 15 is 0 Å². The van der Waals surface area contributed by atoms with Crippen molar-refractivity contribution < 1.29 is 0 Å². The molecule has 1 atom stereocenters. The molecule has 1 saturated carbocycles. The van der Waals surface area contributed by atoms with Crippen molar-refractivity contribution in [2.24, 2.45) is 17.6 Å². The third-order valence-electron chi connectivity index (χ3n) is 4.72. The monoisotopic (exact) mass is 240 g/mol. The molecule has 1 fully saturated rings. The molecule has 0 heterocycles. The van der Waals surface area contributed by atoms with Crippen molar-refractivity contribution in [2.75, 3.05) is 13.1 Å². The van der Waals surface area contributed by atoms with Gasteiger partial charge < -0.3 is 11.1 Å². The molecule has 102 valence electrons. The third kappa shape index (κ3) is 4.97. The highest BCUT2D eigenvalue weighted by Gasteiger charge is 2.26. The molecule has 2 nitrogen and oxygen atoms in total. The highest BCUT2D eigenvalue weighted by molar-refractivity contribution is 4.88. The molecule has 2 heteroatoms. The van der Waals surface area contributed by atoms with Gasteiger partial charge >= 0.3 is 0 Å². The number of rotatable bonds is 5. The van der Waals surface area contributed by atoms with E-state index in [0.29, 0.717) is 5.92 Å². The lowest BCUT2D eigenvalue weighted by molar-refractivity contribution is 0.239. The van der Waals surface area contributed by atoms with E-state index < -0.39 is 0 Å². The van der Waals surface area contributed by atoms with Crippen LogP contribution in [0.4, 0.5) is 0 Å². The van der Waals surface area contributed by atoms with Crippen LogP contribution in [-0.4, -0.2) is 18.6 Å². The minimum absolute atomic E-state index is 0.113. The molecular weight excluding hydrogens is 208 g/mol. The fourth-order valence-electron chi connectivity index (χ4n) is 2.63. The zero-order chi connectivity index (χ0) is 12.7. The Morgan fingerprint density at radius 1 is 1.12 bits per heavy atom. The van der Waals surface area contributed by atoms with Gasteiger partial charge in [-0.1, -0.05) is 46.0 Å².